The van der Waals surface area contributed by atoms with Gasteiger partial charge in [-0.25, -0.2) is 4.98 Å². The van der Waals surface area contributed by atoms with Crippen molar-refractivity contribution in [3.05, 3.63) is 11.6 Å². The highest BCUT2D eigenvalue weighted by atomic mass is 16.2. The zero-order chi connectivity index (χ0) is 14.1. The van der Waals surface area contributed by atoms with Gasteiger partial charge in [0.1, 0.15) is 5.82 Å². The molecule has 1 heterocycles. The molecule has 110 valence electrons. The van der Waals surface area contributed by atoms with E-state index in [1.807, 2.05) is 7.05 Å². The topological polar surface area (TPSA) is 87.9 Å². The van der Waals surface area contributed by atoms with Crippen LogP contribution in [0.25, 0.3) is 0 Å². The maximum absolute atomic E-state index is 12.5. The standard InChI is InChI=1S/C14H23N5O/c1-19(11-5-3-2-4-10(11)8-15)14(20)13-16-12(17-18-13)9-6-7-9/h9-11H,2-8,15H2,1H3,(H,16,17,18). The molecular weight excluding hydrogens is 254 g/mol. The van der Waals surface area contributed by atoms with Crippen molar-refractivity contribution in [3.63, 3.8) is 0 Å². The molecule has 20 heavy (non-hydrogen) atoms. The van der Waals surface area contributed by atoms with E-state index in [-0.39, 0.29) is 11.9 Å². The summed E-state index contributed by atoms with van der Waals surface area (Å²) in [6.45, 7) is 0.642. The van der Waals surface area contributed by atoms with E-state index in [4.69, 9.17) is 5.73 Å². The number of carbonyl (C=O) groups excluding carboxylic acids is 1. The number of nitrogens with two attached hydrogens (primary N) is 1. The van der Waals surface area contributed by atoms with Crippen molar-refractivity contribution in [1.29, 1.82) is 0 Å². The molecule has 6 heteroatoms. The Bertz CT molecular complexity index is 482. The summed E-state index contributed by atoms with van der Waals surface area (Å²) >= 11 is 0. The van der Waals surface area contributed by atoms with Crippen LogP contribution in [0.5, 0.6) is 0 Å². The van der Waals surface area contributed by atoms with Crippen molar-refractivity contribution < 1.29 is 4.79 Å². The number of aromatic amines is 1. The third kappa shape index (κ3) is 2.57. The van der Waals surface area contributed by atoms with Gasteiger partial charge in [-0.1, -0.05) is 12.8 Å². The maximum atomic E-state index is 12.5. The zero-order valence-corrected chi connectivity index (χ0v) is 12.0. The summed E-state index contributed by atoms with van der Waals surface area (Å²) < 4.78 is 0. The first-order valence-corrected chi connectivity index (χ1v) is 7.60. The molecule has 2 aliphatic rings. The Hall–Kier alpha value is -1.43. The summed E-state index contributed by atoms with van der Waals surface area (Å²) in [7, 11) is 1.86. The van der Waals surface area contributed by atoms with Crippen molar-refractivity contribution in [2.75, 3.05) is 13.6 Å². The predicted octanol–water partition coefficient (Wildman–Crippen LogP) is 1.27. The molecular formula is C14H23N5O. The number of amides is 1. The Morgan fingerprint density at radius 2 is 2.10 bits per heavy atom. The summed E-state index contributed by atoms with van der Waals surface area (Å²) in [6, 6.07) is 0.226. The van der Waals surface area contributed by atoms with Crippen LogP contribution in [0.1, 0.15) is 60.9 Å². The van der Waals surface area contributed by atoms with Crippen molar-refractivity contribution in [2.24, 2.45) is 11.7 Å². The van der Waals surface area contributed by atoms with E-state index in [0.717, 1.165) is 31.5 Å². The van der Waals surface area contributed by atoms with Crippen molar-refractivity contribution >= 4 is 5.91 Å². The molecule has 0 saturated heterocycles. The molecule has 3 rings (SSSR count). The van der Waals surface area contributed by atoms with Crippen LogP contribution in [0.4, 0.5) is 0 Å². The highest BCUT2D eigenvalue weighted by Crippen LogP contribution is 2.37. The molecule has 2 atom stereocenters. The van der Waals surface area contributed by atoms with E-state index >= 15 is 0 Å². The largest absolute Gasteiger partial charge is 0.336 e. The first-order chi connectivity index (χ1) is 9.70. The summed E-state index contributed by atoms with van der Waals surface area (Å²) in [5.74, 6) is 1.97. The normalized spacial score (nSPS) is 26.5. The second-order valence-corrected chi connectivity index (χ2v) is 6.08. The van der Waals surface area contributed by atoms with Crippen LogP contribution < -0.4 is 5.73 Å². The van der Waals surface area contributed by atoms with Crippen molar-refractivity contribution in [2.45, 2.75) is 50.5 Å². The van der Waals surface area contributed by atoms with E-state index in [2.05, 4.69) is 15.2 Å². The van der Waals surface area contributed by atoms with E-state index < -0.39 is 0 Å². The Morgan fingerprint density at radius 1 is 1.35 bits per heavy atom. The molecule has 0 aliphatic heterocycles. The molecule has 1 aromatic heterocycles. The van der Waals surface area contributed by atoms with Gasteiger partial charge in [0, 0.05) is 19.0 Å². The molecule has 2 aliphatic carbocycles. The van der Waals surface area contributed by atoms with Crippen molar-refractivity contribution in [3.8, 4) is 0 Å². The number of hydrogen-bond acceptors (Lipinski definition) is 4. The van der Waals surface area contributed by atoms with E-state index in [9.17, 15) is 4.79 Å². The van der Waals surface area contributed by atoms with Gasteiger partial charge >= 0.3 is 0 Å². The van der Waals surface area contributed by atoms with Crippen LogP contribution in [-0.4, -0.2) is 45.6 Å². The Labute approximate surface area is 119 Å². The summed E-state index contributed by atoms with van der Waals surface area (Å²) in [6.07, 6.45) is 6.82. The fraction of sp³-hybridized carbons (Fsp3) is 0.786. The quantitative estimate of drug-likeness (QED) is 0.867. The SMILES string of the molecule is CN(C(=O)c1n[nH]c(C2CC2)n1)C1CCCCC1CN. The monoisotopic (exact) mass is 277 g/mol. The fourth-order valence-corrected chi connectivity index (χ4v) is 3.19. The van der Waals surface area contributed by atoms with Crippen LogP contribution in [0.15, 0.2) is 0 Å². The Morgan fingerprint density at radius 3 is 2.80 bits per heavy atom. The van der Waals surface area contributed by atoms with Crippen LogP contribution in [0, 0.1) is 5.92 Å². The van der Waals surface area contributed by atoms with Gasteiger partial charge in [-0.15, -0.1) is 5.10 Å². The average molecular weight is 277 g/mol. The molecule has 3 N–H and O–H groups in total. The number of rotatable bonds is 4. The van der Waals surface area contributed by atoms with Gasteiger partial charge in [0.2, 0.25) is 5.82 Å². The Balaban J connectivity index is 1.70. The first-order valence-electron chi connectivity index (χ1n) is 7.60. The van der Waals surface area contributed by atoms with Gasteiger partial charge in [-0.2, -0.15) is 0 Å². The summed E-state index contributed by atoms with van der Waals surface area (Å²) in [5.41, 5.74) is 5.85. The minimum absolute atomic E-state index is 0.0847. The lowest BCUT2D eigenvalue weighted by Crippen LogP contribution is -2.46. The number of nitrogens with zero attached hydrogens (tertiary/aromatic N) is 3. The third-order valence-corrected chi connectivity index (χ3v) is 4.65. The van der Waals surface area contributed by atoms with E-state index in [1.54, 1.807) is 4.90 Å². The van der Waals surface area contributed by atoms with Gasteiger partial charge < -0.3 is 10.6 Å². The molecule has 2 saturated carbocycles. The van der Waals surface area contributed by atoms with Crippen LogP contribution in [0.2, 0.25) is 0 Å². The fourth-order valence-electron chi connectivity index (χ4n) is 3.19. The van der Waals surface area contributed by atoms with Gasteiger partial charge in [-0.05, 0) is 38.1 Å². The highest BCUT2D eigenvalue weighted by molar-refractivity contribution is 5.90. The number of hydrogen-bond donors (Lipinski definition) is 2. The minimum atomic E-state index is -0.0847. The third-order valence-electron chi connectivity index (χ3n) is 4.65. The molecule has 0 spiro atoms. The minimum Gasteiger partial charge on any atom is -0.336 e. The van der Waals surface area contributed by atoms with Gasteiger partial charge in [0.15, 0.2) is 0 Å². The smallest absolute Gasteiger partial charge is 0.293 e. The molecule has 0 bridgehead atoms. The van der Waals surface area contributed by atoms with Crippen LogP contribution in [-0.2, 0) is 0 Å². The van der Waals surface area contributed by atoms with Gasteiger partial charge in [-0.3, -0.25) is 9.89 Å². The van der Waals surface area contributed by atoms with E-state index in [1.165, 1.54) is 12.8 Å². The molecule has 6 nitrogen and oxygen atoms in total. The molecule has 2 fully saturated rings. The second-order valence-electron chi connectivity index (χ2n) is 6.08. The molecule has 2 unspecified atom stereocenters. The average Bonchev–Trinajstić information content (AvgIpc) is 3.23. The second kappa shape index (κ2) is 5.52. The molecule has 0 aromatic carbocycles. The lowest BCUT2D eigenvalue weighted by molar-refractivity contribution is 0.0608. The van der Waals surface area contributed by atoms with Crippen LogP contribution >= 0.6 is 0 Å². The number of aromatic nitrogens is 3. The molecule has 0 radical (unpaired) electrons. The summed E-state index contributed by atoms with van der Waals surface area (Å²) in [4.78, 5) is 18.7. The first kappa shape index (κ1) is 13.5. The Kier molecular flexibility index (Phi) is 3.74. The van der Waals surface area contributed by atoms with Crippen molar-refractivity contribution in [1.82, 2.24) is 20.1 Å². The van der Waals surface area contributed by atoms with Crippen LogP contribution in [0.3, 0.4) is 0 Å². The number of carbonyl (C=O) groups is 1. The lowest BCUT2D eigenvalue weighted by atomic mass is 9.83. The zero-order valence-electron chi connectivity index (χ0n) is 12.0. The van der Waals surface area contributed by atoms with E-state index in [0.29, 0.717) is 24.2 Å². The molecule has 1 amide bonds. The lowest BCUT2D eigenvalue weighted by Gasteiger charge is -2.37. The predicted molar refractivity (Wildman–Crippen MR) is 75.3 cm³/mol. The molecule has 1 aromatic rings. The van der Waals surface area contributed by atoms with Gasteiger partial charge in [0.05, 0.1) is 0 Å². The number of H-pyrrole nitrogens is 1. The van der Waals surface area contributed by atoms with Gasteiger partial charge in [0.25, 0.3) is 5.91 Å². The summed E-state index contributed by atoms with van der Waals surface area (Å²) in [5, 5.41) is 6.98. The number of nitrogens with one attached hydrogen (secondary N) is 1. The maximum Gasteiger partial charge on any atom is 0.293 e. The highest BCUT2D eigenvalue weighted by Gasteiger charge is 2.33.